The SMILES string of the molecule is CCCCC(CC)CNc1cc(N)cc(OC(C)C)c1. The van der Waals surface area contributed by atoms with E-state index in [4.69, 9.17) is 10.5 Å². The highest BCUT2D eigenvalue weighted by Gasteiger charge is 2.07. The predicted octanol–water partition coefficient (Wildman–Crippen LogP) is 4.68. The highest BCUT2D eigenvalue weighted by atomic mass is 16.5. The lowest BCUT2D eigenvalue weighted by molar-refractivity contribution is 0.242. The number of ether oxygens (including phenoxy) is 1. The van der Waals surface area contributed by atoms with Gasteiger partial charge in [0.15, 0.2) is 0 Å². The van der Waals surface area contributed by atoms with Gasteiger partial charge in [-0.05, 0) is 32.3 Å². The van der Waals surface area contributed by atoms with Crippen molar-refractivity contribution in [2.75, 3.05) is 17.6 Å². The Balaban J connectivity index is 2.59. The first-order valence-electron chi connectivity index (χ1n) is 7.86. The molecule has 1 unspecified atom stereocenters. The summed E-state index contributed by atoms with van der Waals surface area (Å²) in [6.07, 6.45) is 5.24. The van der Waals surface area contributed by atoms with Crippen molar-refractivity contribution in [2.24, 2.45) is 5.92 Å². The van der Waals surface area contributed by atoms with Crippen LogP contribution < -0.4 is 15.8 Å². The van der Waals surface area contributed by atoms with Crippen LogP contribution >= 0.6 is 0 Å². The zero-order valence-electron chi connectivity index (χ0n) is 13.4. The molecule has 0 heterocycles. The zero-order valence-corrected chi connectivity index (χ0v) is 13.4. The van der Waals surface area contributed by atoms with Crippen LogP contribution in [0.25, 0.3) is 0 Å². The topological polar surface area (TPSA) is 47.3 Å². The molecule has 0 saturated carbocycles. The van der Waals surface area contributed by atoms with Gasteiger partial charge in [-0.15, -0.1) is 0 Å². The van der Waals surface area contributed by atoms with E-state index in [1.54, 1.807) is 0 Å². The normalized spacial score (nSPS) is 12.4. The molecule has 0 spiro atoms. The molecule has 3 N–H and O–H groups in total. The minimum Gasteiger partial charge on any atom is -0.491 e. The van der Waals surface area contributed by atoms with Crippen molar-refractivity contribution in [1.29, 1.82) is 0 Å². The van der Waals surface area contributed by atoms with E-state index in [1.807, 2.05) is 32.0 Å². The minimum atomic E-state index is 0.164. The van der Waals surface area contributed by atoms with Crippen LogP contribution in [-0.2, 0) is 0 Å². The molecule has 0 fully saturated rings. The van der Waals surface area contributed by atoms with Gasteiger partial charge >= 0.3 is 0 Å². The summed E-state index contributed by atoms with van der Waals surface area (Å²) < 4.78 is 5.71. The number of anilines is 2. The Morgan fingerprint density at radius 2 is 1.95 bits per heavy atom. The molecular weight excluding hydrogens is 248 g/mol. The first kappa shape index (κ1) is 16.7. The lowest BCUT2D eigenvalue weighted by atomic mass is 9.99. The molecule has 3 nitrogen and oxygen atoms in total. The Morgan fingerprint density at radius 1 is 1.20 bits per heavy atom. The van der Waals surface area contributed by atoms with E-state index < -0.39 is 0 Å². The maximum Gasteiger partial charge on any atom is 0.123 e. The molecular formula is C17H30N2O. The molecule has 1 aromatic carbocycles. The van der Waals surface area contributed by atoms with E-state index in [2.05, 4.69) is 19.2 Å². The van der Waals surface area contributed by atoms with Crippen LogP contribution in [0.3, 0.4) is 0 Å². The molecule has 0 radical (unpaired) electrons. The summed E-state index contributed by atoms with van der Waals surface area (Å²) >= 11 is 0. The number of nitrogens with one attached hydrogen (secondary N) is 1. The Morgan fingerprint density at radius 3 is 2.55 bits per heavy atom. The van der Waals surface area contributed by atoms with E-state index in [1.165, 1.54) is 25.7 Å². The molecule has 0 aliphatic carbocycles. The second-order valence-corrected chi connectivity index (χ2v) is 5.75. The van der Waals surface area contributed by atoms with Gasteiger partial charge in [0, 0.05) is 30.1 Å². The third-order valence-corrected chi connectivity index (χ3v) is 3.44. The average molecular weight is 278 g/mol. The summed E-state index contributed by atoms with van der Waals surface area (Å²) in [5.41, 5.74) is 7.73. The van der Waals surface area contributed by atoms with Gasteiger partial charge in [-0.3, -0.25) is 0 Å². The number of rotatable bonds is 9. The molecule has 1 rings (SSSR count). The fourth-order valence-electron chi connectivity index (χ4n) is 2.27. The molecule has 3 heteroatoms. The third-order valence-electron chi connectivity index (χ3n) is 3.44. The highest BCUT2D eigenvalue weighted by molar-refractivity contribution is 5.59. The first-order valence-corrected chi connectivity index (χ1v) is 7.86. The number of hydrogen-bond acceptors (Lipinski definition) is 3. The van der Waals surface area contributed by atoms with Crippen LogP contribution in [0.2, 0.25) is 0 Å². The van der Waals surface area contributed by atoms with Crippen molar-refractivity contribution in [2.45, 2.75) is 59.5 Å². The third kappa shape index (κ3) is 6.18. The number of unbranched alkanes of at least 4 members (excludes halogenated alkanes) is 1. The van der Waals surface area contributed by atoms with E-state index in [-0.39, 0.29) is 6.10 Å². The monoisotopic (exact) mass is 278 g/mol. The Hall–Kier alpha value is -1.38. The summed E-state index contributed by atoms with van der Waals surface area (Å²) in [6, 6.07) is 5.88. The molecule has 0 aliphatic heterocycles. The molecule has 20 heavy (non-hydrogen) atoms. The highest BCUT2D eigenvalue weighted by Crippen LogP contribution is 2.24. The summed E-state index contributed by atoms with van der Waals surface area (Å²) in [5, 5.41) is 3.50. The first-order chi connectivity index (χ1) is 9.55. The summed E-state index contributed by atoms with van der Waals surface area (Å²) in [4.78, 5) is 0. The fraction of sp³-hybridized carbons (Fsp3) is 0.647. The smallest absolute Gasteiger partial charge is 0.123 e. The lowest BCUT2D eigenvalue weighted by Gasteiger charge is -2.17. The van der Waals surface area contributed by atoms with E-state index >= 15 is 0 Å². The zero-order chi connectivity index (χ0) is 15.0. The minimum absolute atomic E-state index is 0.164. The second kappa shape index (κ2) is 8.72. The van der Waals surface area contributed by atoms with Crippen molar-refractivity contribution >= 4 is 11.4 Å². The molecule has 0 aliphatic rings. The lowest BCUT2D eigenvalue weighted by Crippen LogP contribution is -2.14. The Kier molecular flexibility index (Phi) is 7.27. The maximum absolute atomic E-state index is 5.93. The van der Waals surface area contributed by atoms with Gasteiger partial charge in [0.2, 0.25) is 0 Å². The summed E-state index contributed by atoms with van der Waals surface area (Å²) in [7, 11) is 0. The van der Waals surface area contributed by atoms with Crippen molar-refractivity contribution < 1.29 is 4.74 Å². The molecule has 0 bridgehead atoms. The van der Waals surface area contributed by atoms with Crippen molar-refractivity contribution in [1.82, 2.24) is 0 Å². The molecule has 1 atom stereocenters. The predicted molar refractivity (Wildman–Crippen MR) is 88.4 cm³/mol. The number of nitrogen functional groups attached to an aromatic ring is 1. The molecule has 0 aromatic heterocycles. The molecule has 0 saturated heterocycles. The van der Waals surface area contributed by atoms with Crippen LogP contribution in [0.1, 0.15) is 53.4 Å². The van der Waals surface area contributed by atoms with Gasteiger partial charge in [0.1, 0.15) is 5.75 Å². The largest absolute Gasteiger partial charge is 0.491 e. The second-order valence-electron chi connectivity index (χ2n) is 5.75. The van der Waals surface area contributed by atoms with Crippen molar-refractivity contribution in [3.8, 4) is 5.75 Å². The van der Waals surface area contributed by atoms with Gasteiger partial charge in [-0.2, -0.15) is 0 Å². The van der Waals surface area contributed by atoms with Gasteiger partial charge in [-0.1, -0.05) is 33.1 Å². The fourth-order valence-corrected chi connectivity index (χ4v) is 2.27. The van der Waals surface area contributed by atoms with E-state index in [0.717, 1.165) is 29.6 Å². The Bertz CT molecular complexity index is 391. The van der Waals surface area contributed by atoms with E-state index in [0.29, 0.717) is 0 Å². The van der Waals surface area contributed by atoms with Crippen LogP contribution in [-0.4, -0.2) is 12.6 Å². The van der Waals surface area contributed by atoms with Gasteiger partial charge < -0.3 is 15.8 Å². The Labute approximate surface area is 123 Å². The standard InChI is InChI=1S/C17H30N2O/c1-5-7-8-14(6-2)12-19-16-9-15(18)10-17(11-16)20-13(3)4/h9-11,13-14,19H,5-8,12,18H2,1-4H3. The molecule has 1 aromatic rings. The maximum atomic E-state index is 5.93. The number of hydrogen-bond donors (Lipinski definition) is 2. The van der Waals surface area contributed by atoms with Crippen molar-refractivity contribution in [3.63, 3.8) is 0 Å². The number of benzene rings is 1. The summed E-state index contributed by atoms with van der Waals surface area (Å²) in [5.74, 6) is 1.56. The van der Waals surface area contributed by atoms with Crippen molar-refractivity contribution in [3.05, 3.63) is 18.2 Å². The van der Waals surface area contributed by atoms with Crippen LogP contribution in [0, 0.1) is 5.92 Å². The van der Waals surface area contributed by atoms with Crippen LogP contribution in [0.5, 0.6) is 5.75 Å². The van der Waals surface area contributed by atoms with Gasteiger partial charge in [0.25, 0.3) is 0 Å². The van der Waals surface area contributed by atoms with E-state index in [9.17, 15) is 0 Å². The average Bonchev–Trinajstić information content (AvgIpc) is 2.37. The molecule has 114 valence electrons. The quantitative estimate of drug-likeness (QED) is 0.644. The van der Waals surface area contributed by atoms with Gasteiger partial charge in [0.05, 0.1) is 6.10 Å². The summed E-state index contributed by atoms with van der Waals surface area (Å²) in [6.45, 7) is 9.55. The van der Waals surface area contributed by atoms with Gasteiger partial charge in [-0.25, -0.2) is 0 Å². The van der Waals surface area contributed by atoms with Crippen LogP contribution in [0.4, 0.5) is 11.4 Å². The number of nitrogens with two attached hydrogens (primary N) is 1. The van der Waals surface area contributed by atoms with Crippen LogP contribution in [0.15, 0.2) is 18.2 Å². The molecule has 0 amide bonds.